The molecule has 0 saturated carbocycles. The summed E-state index contributed by atoms with van der Waals surface area (Å²) in [5.41, 5.74) is 2.82. The largest absolute Gasteiger partial charge is 0.341 e. The van der Waals surface area contributed by atoms with Gasteiger partial charge in [0.05, 0.1) is 17.0 Å². The number of anilines is 4. The molecule has 0 aliphatic rings. The summed E-state index contributed by atoms with van der Waals surface area (Å²) in [6.45, 7) is 5.85. The van der Waals surface area contributed by atoms with E-state index >= 15 is 0 Å². The highest BCUT2D eigenvalue weighted by molar-refractivity contribution is 5.67. The SMILES string of the molecule is Cc1ccc(Nc2[nH]c(=O)n(C)c(=O)c2C(c2ccc(C)cc2)c2c(Nc3ccc(C)cc3)[nH]c(=O)n(C)c2=O)cc1. The molecular formula is C32H32N6O4. The number of aryl methyl sites for hydroxylation is 3. The van der Waals surface area contributed by atoms with Crippen LogP contribution in [0.25, 0.3) is 0 Å². The van der Waals surface area contributed by atoms with Crippen molar-refractivity contribution < 1.29 is 0 Å². The minimum absolute atomic E-state index is 0.137. The number of hydrogen-bond acceptors (Lipinski definition) is 6. The third-order valence-corrected chi connectivity index (χ3v) is 7.31. The molecule has 5 aromatic rings. The van der Waals surface area contributed by atoms with Gasteiger partial charge in [0.2, 0.25) is 0 Å². The van der Waals surface area contributed by atoms with Crippen molar-refractivity contribution in [1.29, 1.82) is 0 Å². The van der Waals surface area contributed by atoms with Crippen molar-refractivity contribution in [3.05, 3.63) is 148 Å². The minimum atomic E-state index is -0.988. The molecule has 214 valence electrons. The molecule has 0 unspecified atom stereocenters. The van der Waals surface area contributed by atoms with Crippen LogP contribution in [0.1, 0.15) is 39.3 Å². The minimum Gasteiger partial charge on any atom is -0.341 e. The topological polar surface area (TPSA) is 134 Å². The van der Waals surface area contributed by atoms with Gasteiger partial charge >= 0.3 is 11.4 Å². The fourth-order valence-corrected chi connectivity index (χ4v) is 4.81. The molecular weight excluding hydrogens is 532 g/mol. The molecule has 0 radical (unpaired) electrons. The van der Waals surface area contributed by atoms with Crippen molar-refractivity contribution in [2.45, 2.75) is 26.7 Å². The second-order valence-electron chi connectivity index (χ2n) is 10.5. The molecule has 0 aliphatic carbocycles. The molecule has 0 atom stereocenters. The maximum absolute atomic E-state index is 14.0. The van der Waals surface area contributed by atoms with Crippen LogP contribution in [0.2, 0.25) is 0 Å². The number of aromatic amines is 2. The maximum Gasteiger partial charge on any atom is 0.329 e. The van der Waals surface area contributed by atoms with E-state index in [0.29, 0.717) is 16.9 Å². The van der Waals surface area contributed by atoms with Crippen molar-refractivity contribution >= 4 is 23.0 Å². The zero-order chi connectivity index (χ0) is 30.1. The molecule has 0 fully saturated rings. The van der Waals surface area contributed by atoms with Crippen molar-refractivity contribution in [3.8, 4) is 0 Å². The van der Waals surface area contributed by atoms with E-state index < -0.39 is 28.4 Å². The fourth-order valence-electron chi connectivity index (χ4n) is 4.81. The van der Waals surface area contributed by atoms with E-state index in [4.69, 9.17) is 0 Å². The first-order valence-corrected chi connectivity index (χ1v) is 13.4. The van der Waals surface area contributed by atoms with Crippen LogP contribution in [0.3, 0.4) is 0 Å². The summed E-state index contributed by atoms with van der Waals surface area (Å²) >= 11 is 0. The molecule has 42 heavy (non-hydrogen) atoms. The summed E-state index contributed by atoms with van der Waals surface area (Å²) in [5, 5.41) is 6.38. The molecule has 0 amide bonds. The van der Waals surface area contributed by atoms with Crippen molar-refractivity contribution in [2.75, 3.05) is 10.6 Å². The van der Waals surface area contributed by atoms with Crippen LogP contribution in [0.5, 0.6) is 0 Å². The Balaban J connectivity index is 1.84. The molecule has 3 aromatic carbocycles. The predicted molar refractivity (Wildman–Crippen MR) is 166 cm³/mol. The first-order valence-electron chi connectivity index (χ1n) is 13.4. The second kappa shape index (κ2) is 11.2. The Labute approximate surface area is 241 Å². The maximum atomic E-state index is 14.0. The summed E-state index contributed by atoms with van der Waals surface area (Å²) in [6.07, 6.45) is 0. The van der Waals surface area contributed by atoms with Crippen LogP contribution >= 0.6 is 0 Å². The van der Waals surface area contributed by atoms with E-state index in [1.54, 1.807) is 0 Å². The number of aromatic nitrogens is 4. The monoisotopic (exact) mass is 564 g/mol. The lowest BCUT2D eigenvalue weighted by Gasteiger charge is -2.24. The van der Waals surface area contributed by atoms with Crippen LogP contribution in [-0.2, 0) is 14.1 Å². The summed E-state index contributed by atoms with van der Waals surface area (Å²) in [4.78, 5) is 59.2. The third-order valence-electron chi connectivity index (χ3n) is 7.31. The van der Waals surface area contributed by atoms with E-state index in [2.05, 4.69) is 20.6 Å². The van der Waals surface area contributed by atoms with Crippen LogP contribution in [0, 0.1) is 20.8 Å². The normalized spacial score (nSPS) is 11.1. The summed E-state index contributed by atoms with van der Waals surface area (Å²) in [7, 11) is 2.76. The van der Waals surface area contributed by atoms with Crippen LogP contribution in [0.4, 0.5) is 23.0 Å². The summed E-state index contributed by atoms with van der Waals surface area (Å²) in [6, 6.07) is 22.4. The molecule has 0 aliphatic heterocycles. The Bertz CT molecular complexity index is 1870. The van der Waals surface area contributed by atoms with E-state index in [0.717, 1.165) is 25.8 Å². The van der Waals surface area contributed by atoms with Gasteiger partial charge in [0.25, 0.3) is 11.1 Å². The van der Waals surface area contributed by atoms with Gasteiger partial charge in [0.15, 0.2) is 0 Å². The number of rotatable bonds is 7. The van der Waals surface area contributed by atoms with E-state index in [9.17, 15) is 19.2 Å². The third kappa shape index (κ3) is 5.46. The van der Waals surface area contributed by atoms with Gasteiger partial charge in [0, 0.05) is 25.5 Å². The Hall–Kier alpha value is -5.38. The molecule has 2 aromatic heterocycles. The first-order chi connectivity index (χ1) is 20.0. The number of benzene rings is 3. The highest BCUT2D eigenvalue weighted by Crippen LogP contribution is 2.36. The fraction of sp³-hybridized carbons (Fsp3) is 0.188. The molecule has 5 rings (SSSR count). The standard InChI is InChI=1S/C32H32N6O4/c1-18-6-12-21(13-7-18)24(25-27(35-31(41)37(4)29(25)39)33-22-14-8-19(2)9-15-22)26-28(36-32(42)38(5)30(26)40)34-23-16-10-20(3)11-17-23/h6-17,24,33-34H,1-5H3,(H,35,41)(H,36,42). The lowest BCUT2D eigenvalue weighted by atomic mass is 9.85. The number of nitrogens with one attached hydrogen (secondary N) is 4. The molecule has 2 heterocycles. The van der Waals surface area contributed by atoms with Gasteiger partial charge in [-0.05, 0) is 50.6 Å². The average Bonchev–Trinajstić information content (AvgIpc) is 2.96. The average molecular weight is 565 g/mol. The van der Waals surface area contributed by atoms with Gasteiger partial charge in [0.1, 0.15) is 11.6 Å². The van der Waals surface area contributed by atoms with E-state index in [1.165, 1.54) is 14.1 Å². The van der Waals surface area contributed by atoms with Crippen molar-refractivity contribution in [2.24, 2.45) is 14.1 Å². The van der Waals surface area contributed by atoms with Gasteiger partial charge in [-0.25, -0.2) is 9.59 Å². The Morgan fingerprint density at radius 1 is 0.548 bits per heavy atom. The number of hydrogen-bond donors (Lipinski definition) is 4. The zero-order valence-electron chi connectivity index (χ0n) is 24.0. The van der Waals surface area contributed by atoms with Gasteiger partial charge in [-0.1, -0.05) is 65.2 Å². The highest BCUT2D eigenvalue weighted by atomic mass is 16.2. The zero-order valence-corrected chi connectivity index (χ0v) is 24.0. The van der Waals surface area contributed by atoms with E-state index in [1.807, 2.05) is 93.6 Å². The quantitative estimate of drug-likeness (QED) is 0.236. The molecule has 0 bridgehead atoms. The van der Waals surface area contributed by atoms with Gasteiger partial charge in [-0.15, -0.1) is 0 Å². The number of H-pyrrole nitrogens is 2. The van der Waals surface area contributed by atoms with Crippen molar-refractivity contribution in [1.82, 2.24) is 19.1 Å². The van der Waals surface area contributed by atoms with Gasteiger partial charge < -0.3 is 10.6 Å². The molecule has 10 heteroatoms. The molecule has 0 saturated heterocycles. The Morgan fingerprint density at radius 3 is 1.24 bits per heavy atom. The highest BCUT2D eigenvalue weighted by Gasteiger charge is 2.31. The lowest BCUT2D eigenvalue weighted by molar-refractivity contribution is 0.723. The Morgan fingerprint density at radius 2 is 0.881 bits per heavy atom. The second-order valence-corrected chi connectivity index (χ2v) is 10.5. The van der Waals surface area contributed by atoms with Crippen molar-refractivity contribution in [3.63, 3.8) is 0 Å². The predicted octanol–water partition coefficient (Wildman–Crippen LogP) is 4.05. The van der Waals surface area contributed by atoms with Crippen LogP contribution in [-0.4, -0.2) is 19.1 Å². The number of nitrogens with zero attached hydrogens (tertiary/aromatic N) is 2. The van der Waals surface area contributed by atoms with Gasteiger partial charge in [-0.2, -0.15) is 0 Å². The van der Waals surface area contributed by atoms with Crippen LogP contribution in [0.15, 0.2) is 92.0 Å². The van der Waals surface area contributed by atoms with E-state index in [-0.39, 0.29) is 22.8 Å². The first kappa shape index (κ1) is 28.2. The Kier molecular flexibility index (Phi) is 7.54. The van der Waals surface area contributed by atoms with Crippen LogP contribution < -0.4 is 33.1 Å². The summed E-state index contributed by atoms with van der Waals surface area (Å²) < 4.78 is 1.94. The summed E-state index contributed by atoms with van der Waals surface area (Å²) in [5.74, 6) is -0.697. The lowest BCUT2D eigenvalue weighted by Crippen LogP contribution is -2.40. The van der Waals surface area contributed by atoms with Gasteiger partial charge in [-0.3, -0.25) is 28.7 Å². The smallest absolute Gasteiger partial charge is 0.329 e. The molecule has 10 nitrogen and oxygen atoms in total. The molecule has 4 N–H and O–H groups in total. The molecule has 0 spiro atoms.